The maximum atomic E-state index is 2.77. The van der Waals surface area contributed by atoms with E-state index in [9.17, 15) is 0 Å². The molecule has 1 unspecified atom stereocenters. The Morgan fingerprint density at radius 3 is 2.21 bits per heavy atom. The fraction of sp³-hybridized carbons (Fsp3) is 1.00. The van der Waals surface area contributed by atoms with Crippen molar-refractivity contribution < 1.29 is 0 Å². The van der Waals surface area contributed by atoms with Gasteiger partial charge >= 0.3 is 0 Å². The molecule has 0 amide bonds. The van der Waals surface area contributed by atoms with Gasteiger partial charge in [-0.25, -0.2) is 0 Å². The predicted octanol–water partition coefficient (Wildman–Crippen LogP) is 3.68. The van der Waals surface area contributed by atoms with Crippen LogP contribution in [0.1, 0.15) is 60.3 Å². The molecule has 0 aromatic carbocycles. The van der Waals surface area contributed by atoms with E-state index in [-0.39, 0.29) is 0 Å². The summed E-state index contributed by atoms with van der Waals surface area (Å²) in [4.78, 5) is 2.77. The molecule has 0 bridgehead atoms. The van der Waals surface area contributed by atoms with E-state index < -0.39 is 0 Å². The van der Waals surface area contributed by atoms with Crippen LogP contribution < -0.4 is 0 Å². The molecule has 0 spiro atoms. The van der Waals surface area contributed by atoms with Gasteiger partial charge in [-0.05, 0) is 39.0 Å². The van der Waals surface area contributed by atoms with Gasteiger partial charge in [0.15, 0.2) is 0 Å². The SMILES string of the molecule is CCCC1CC[C@@H](C(C)C)N1C(C)C. The first kappa shape index (κ1) is 12.0. The lowest BCUT2D eigenvalue weighted by atomic mass is 10.0. The molecule has 1 heterocycles. The molecule has 1 aliphatic heterocycles. The quantitative estimate of drug-likeness (QED) is 0.664. The second kappa shape index (κ2) is 5.16. The summed E-state index contributed by atoms with van der Waals surface area (Å²) in [5, 5.41) is 0. The van der Waals surface area contributed by atoms with Crippen molar-refractivity contribution in [1.82, 2.24) is 4.90 Å². The Morgan fingerprint density at radius 1 is 1.14 bits per heavy atom. The summed E-state index contributed by atoms with van der Waals surface area (Å²) in [7, 11) is 0. The van der Waals surface area contributed by atoms with E-state index in [2.05, 4.69) is 39.5 Å². The standard InChI is InChI=1S/C13H27N/c1-6-7-12-8-9-13(10(2)3)14(12)11(4)5/h10-13H,6-9H2,1-5H3/t12?,13-/m0/s1. The molecule has 1 heteroatoms. The molecule has 14 heavy (non-hydrogen) atoms. The molecule has 2 atom stereocenters. The number of hydrogen-bond donors (Lipinski definition) is 0. The minimum absolute atomic E-state index is 0.724. The van der Waals surface area contributed by atoms with Crippen molar-refractivity contribution in [3.63, 3.8) is 0 Å². The Bertz CT molecular complexity index is 163. The minimum atomic E-state index is 0.724. The smallest absolute Gasteiger partial charge is 0.0124 e. The van der Waals surface area contributed by atoms with E-state index in [1.54, 1.807) is 0 Å². The van der Waals surface area contributed by atoms with Gasteiger partial charge in [0, 0.05) is 18.1 Å². The van der Waals surface area contributed by atoms with Gasteiger partial charge in [0.05, 0.1) is 0 Å². The Labute approximate surface area is 89.9 Å². The zero-order valence-electron chi connectivity index (χ0n) is 10.6. The van der Waals surface area contributed by atoms with Crippen LogP contribution in [0.15, 0.2) is 0 Å². The Kier molecular flexibility index (Phi) is 4.43. The summed E-state index contributed by atoms with van der Waals surface area (Å²) in [6, 6.07) is 2.43. The van der Waals surface area contributed by atoms with Crippen LogP contribution in [0.25, 0.3) is 0 Å². The van der Waals surface area contributed by atoms with Gasteiger partial charge in [-0.1, -0.05) is 27.2 Å². The number of nitrogens with zero attached hydrogens (tertiary/aromatic N) is 1. The fourth-order valence-corrected chi connectivity index (χ4v) is 3.04. The summed E-state index contributed by atoms with van der Waals surface area (Å²) >= 11 is 0. The van der Waals surface area contributed by atoms with E-state index in [0.717, 1.165) is 24.0 Å². The van der Waals surface area contributed by atoms with Gasteiger partial charge in [-0.3, -0.25) is 4.90 Å². The molecular formula is C13H27N. The monoisotopic (exact) mass is 197 g/mol. The molecule has 1 nitrogen and oxygen atoms in total. The summed E-state index contributed by atoms with van der Waals surface area (Å²) in [5.74, 6) is 0.819. The second-order valence-corrected chi connectivity index (χ2v) is 5.37. The van der Waals surface area contributed by atoms with Gasteiger partial charge in [0.2, 0.25) is 0 Å². The molecule has 1 aliphatic rings. The molecule has 1 saturated heterocycles. The molecule has 84 valence electrons. The zero-order valence-corrected chi connectivity index (χ0v) is 10.6. The summed E-state index contributed by atoms with van der Waals surface area (Å²) in [5.41, 5.74) is 0. The third kappa shape index (κ3) is 2.50. The van der Waals surface area contributed by atoms with Crippen molar-refractivity contribution in [3.8, 4) is 0 Å². The maximum Gasteiger partial charge on any atom is 0.0124 e. The van der Waals surface area contributed by atoms with E-state index in [4.69, 9.17) is 0 Å². The first-order valence-electron chi connectivity index (χ1n) is 6.35. The highest BCUT2D eigenvalue weighted by molar-refractivity contribution is 4.90. The second-order valence-electron chi connectivity index (χ2n) is 5.37. The summed E-state index contributed by atoms with van der Waals surface area (Å²) in [6.45, 7) is 11.7. The first-order valence-corrected chi connectivity index (χ1v) is 6.35. The van der Waals surface area contributed by atoms with Crippen molar-refractivity contribution in [2.24, 2.45) is 5.92 Å². The van der Waals surface area contributed by atoms with Crippen molar-refractivity contribution in [2.75, 3.05) is 0 Å². The van der Waals surface area contributed by atoms with Crippen LogP contribution in [0.5, 0.6) is 0 Å². The maximum absolute atomic E-state index is 2.77. The van der Waals surface area contributed by atoms with Gasteiger partial charge in [0.25, 0.3) is 0 Å². The van der Waals surface area contributed by atoms with Crippen LogP contribution in [0, 0.1) is 5.92 Å². The van der Waals surface area contributed by atoms with Gasteiger partial charge in [0.1, 0.15) is 0 Å². The highest BCUT2D eigenvalue weighted by Crippen LogP contribution is 2.32. The van der Waals surface area contributed by atoms with Crippen LogP contribution in [0.4, 0.5) is 0 Å². The number of hydrogen-bond acceptors (Lipinski definition) is 1. The molecular weight excluding hydrogens is 170 g/mol. The van der Waals surface area contributed by atoms with Crippen LogP contribution in [-0.4, -0.2) is 23.0 Å². The fourth-order valence-electron chi connectivity index (χ4n) is 3.04. The Morgan fingerprint density at radius 2 is 1.79 bits per heavy atom. The molecule has 0 radical (unpaired) electrons. The highest BCUT2D eigenvalue weighted by Gasteiger charge is 2.35. The predicted molar refractivity (Wildman–Crippen MR) is 63.5 cm³/mol. The number of rotatable bonds is 4. The minimum Gasteiger partial charge on any atom is -0.295 e. The lowest BCUT2D eigenvalue weighted by Crippen LogP contribution is -2.43. The average molecular weight is 197 g/mol. The topological polar surface area (TPSA) is 3.24 Å². The van der Waals surface area contributed by atoms with Crippen molar-refractivity contribution >= 4 is 0 Å². The molecule has 0 N–H and O–H groups in total. The molecule has 0 aromatic rings. The van der Waals surface area contributed by atoms with Gasteiger partial charge in [-0.2, -0.15) is 0 Å². The first-order chi connectivity index (χ1) is 6.57. The van der Waals surface area contributed by atoms with Crippen LogP contribution >= 0.6 is 0 Å². The molecule has 0 aliphatic carbocycles. The third-order valence-corrected chi connectivity index (χ3v) is 3.59. The largest absolute Gasteiger partial charge is 0.295 e. The van der Waals surface area contributed by atoms with E-state index >= 15 is 0 Å². The molecule has 0 saturated carbocycles. The van der Waals surface area contributed by atoms with Gasteiger partial charge < -0.3 is 0 Å². The normalized spacial score (nSPS) is 29.4. The molecule has 1 rings (SSSR count). The third-order valence-electron chi connectivity index (χ3n) is 3.59. The van der Waals surface area contributed by atoms with Crippen molar-refractivity contribution in [1.29, 1.82) is 0 Å². The van der Waals surface area contributed by atoms with E-state index in [1.807, 2.05) is 0 Å². The van der Waals surface area contributed by atoms with Crippen LogP contribution in [0.3, 0.4) is 0 Å². The lowest BCUT2D eigenvalue weighted by Gasteiger charge is -2.35. The van der Waals surface area contributed by atoms with Gasteiger partial charge in [-0.15, -0.1) is 0 Å². The highest BCUT2D eigenvalue weighted by atomic mass is 15.2. The van der Waals surface area contributed by atoms with Crippen molar-refractivity contribution in [3.05, 3.63) is 0 Å². The van der Waals surface area contributed by atoms with Crippen LogP contribution in [0.2, 0.25) is 0 Å². The van der Waals surface area contributed by atoms with E-state index in [0.29, 0.717) is 0 Å². The Balaban J connectivity index is 2.64. The molecule has 0 aromatic heterocycles. The van der Waals surface area contributed by atoms with Crippen molar-refractivity contribution in [2.45, 2.75) is 78.4 Å². The van der Waals surface area contributed by atoms with E-state index in [1.165, 1.54) is 25.7 Å². The zero-order chi connectivity index (χ0) is 10.7. The molecule has 1 fully saturated rings. The van der Waals surface area contributed by atoms with Crippen LogP contribution in [-0.2, 0) is 0 Å². The summed E-state index contributed by atoms with van der Waals surface area (Å²) < 4.78 is 0. The summed E-state index contributed by atoms with van der Waals surface area (Å²) in [6.07, 6.45) is 5.56. The average Bonchev–Trinajstić information content (AvgIpc) is 2.48. The Hall–Kier alpha value is -0.0400. The number of likely N-dealkylation sites (tertiary alicyclic amines) is 1. The lowest BCUT2D eigenvalue weighted by molar-refractivity contribution is 0.114.